The van der Waals surface area contributed by atoms with E-state index in [1.807, 2.05) is 12.1 Å². The number of aromatic nitrogens is 2. The van der Waals surface area contributed by atoms with Gasteiger partial charge in [-0.1, -0.05) is 13.8 Å². The van der Waals surface area contributed by atoms with Crippen molar-refractivity contribution in [1.82, 2.24) is 14.5 Å². The highest BCUT2D eigenvalue weighted by Gasteiger charge is 2.29. The van der Waals surface area contributed by atoms with Crippen molar-refractivity contribution < 1.29 is 0 Å². The zero-order valence-corrected chi connectivity index (χ0v) is 13.5. The molecule has 1 aliphatic rings. The number of anilines is 1. The van der Waals surface area contributed by atoms with E-state index in [1.54, 1.807) is 0 Å². The molecular weight excluding hydrogens is 260 g/mol. The van der Waals surface area contributed by atoms with Crippen molar-refractivity contribution in [3.8, 4) is 0 Å². The molecule has 1 saturated carbocycles. The van der Waals surface area contributed by atoms with Gasteiger partial charge in [0.05, 0.1) is 11.0 Å². The van der Waals surface area contributed by atoms with Crippen LogP contribution in [0.5, 0.6) is 0 Å². The number of benzene rings is 1. The van der Waals surface area contributed by atoms with Gasteiger partial charge in [-0.2, -0.15) is 0 Å². The average Bonchev–Trinajstić information content (AvgIpc) is 3.21. The maximum atomic E-state index is 5.90. The van der Waals surface area contributed by atoms with Crippen LogP contribution in [0.25, 0.3) is 11.0 Å². The largest absolute Gasteiger partial charge is 0.399 e. The minimum Gasteiger partial charge on any atom is -0.399 e. The number of fused-ring (bicyclic) bond motifs is 1. The molecule has 1 heterocycles. The van der Waals surface area contributed by atoms with Crippen LogP contribution < -0.4 is 5.73 Å². The molecule has 1 unspecified atom stereocenters. The monoisotopic (exact) mass is 286 g/mol. The first-order chi connectivity index (χ1) is 9.97. The number of nitrogen functional groups attached to an aromatic ring is 1. The van der Waals surface area contributed by atoms with E-state index >= 15 is 0 Å². The number of rotatable bonds is 5. The van der Waals surface area contributed by atoms with E-state index in [0.29, 0.717) is 12.0 Å². The summed E-state index contributed by atoms with van der Waals surface area (Å²) in [5.74, 6) is 1.57. The van der Waals surface area contributed by atoms with Crippen molar-refractivity contribution in [3.63, 3.8) is 0 Å². The summed E-state index contributed by atoms with van der Waals surface area (Å²) in [6, 6.07) is 7.36. The predicted octanol–water partition coefficient (Wildman–Crippen LogP) is 3.22. The summed E-state index contributed by atoms with van der Waals surface area (Å²) in [6.45, 7) is 7.71. The fourth-order valence-corrected chi connectivity index (χ4v) is 3.03. The Morgan fingerprint density at radius 3 is 2.67 bits per heavy atom. The molecular formula is C17H26N4. The molecule has 0 bridgehead atoms. The molecule has 0 radical (unpaired) electrons. The highest BCUT2D eigenvalue weighted by molar-refractivity contribution is 5.79. The van der Waals surface area contributed by atoms with Crippen LogP contribution in [-0.4, -0.2) is 33.6 Å². The molecule has 3 rings (SSSR count). The normalized spacial score (nSPS) is 17.0. The van der Waals surface area contributed by atoms with Gasteiger partial charge < -0.3 is 10.3 Å². The van der Waals surface area contributed by atoms with Gasteiger partial charge in [-0.3, -0.25) is 4.90 Å². The van der Waals surface area contributed by atoms with Gasteiger partial charge in [-0.05, 0) is 45.0 Å². The molecule has 114 valence electrons. The fourth-order valence-electron chi connectivity index (χ4n) is 3.03. The van der Waals surface area contributed by atoms with Gasteiger partial charge in [0.25, 0.3) is 0 Å². The molecule has 0 amide bonds. The zero-order valence-electron chi connectivity index (χ0n) is 13.5. The molecule has 0 saturated heterocycles. The van der Waals surface area contributed by atoms with E-state index in [2.05, 4.69) is 43.4 Å². The Morgan fingerprint density at radius 2 is 2.05 bits per heavy atom. The molecule has 4 nitrogen and oxygen atoms in total. The summed E-state index contributed by atoms with van der Waals surface area (Å²) in [6.07, 6.45) is 2.69. The van der Waals surface area contributed by atoms with Gasteiger partial charge in [0.15, 0.2) is 0 Å². The van der Waals surface area contributed by atoms with E-state index in [1.165, 1.54) is 18.4 Å². The van der Waals surface area contributed by atoms with Gasteiger partial charge in [-0.15, -0.1) is 0 Å². The number of hydrogen-bond acceptors (Lipinski definition) is 3. The van der Waals surface area contributed by atoms with E-state index in [-0.39, 0.29) is 0 Å². The number of likely N-dealkylation sites (N-methyl/N-ethyl adjacent to an activating group) is 1. The summed E-state index contributed by atoms with van der Waals surface area (Å²) < 4.78 is 2.38. The molecule has 2 N–H and O–H groups in total. The Hall–Kier alpha value is -1.55. The van der Waals surface area contributed by atoms with Crippen molar-refractivity contribution >= 4 is 16.7 Å². The van der Waals surface area contributed by atoms with Crippen molar-refractivity contribution in [2.24, 2.45) is 0 Å². The third-order valence-electron chi connectivity index (χ3n) is 4.58. The summed E-state index contributed by atoms with van der Waals surface area (Å²) in [5.41, 5.74) is 8.89. The molecule has 4 heteroatoms. The molecule has 1 atom stereocenters. The maximum absolute atomic E-state index is 5.90. The first kappa shape index (κ1) is 14.4. The Morgan fingerprint density at radius 1 is 1.33 bits per heavy atom. The van der Waals surface area contributed by atoms with Crippen LogP contribution in [0.4, 0.5) is 5.69 Å². The summed E-state index contributed by atoms with van der Waals surface area (Å²) >= 11 is 0. The van der Waals surface area contributed by atoms with E-state index in [0.717, 1.165) is 29.6 Å². The van der Waals surface area contributed by atoms with Gasteiger partial charge in [0, 0.05) is 30.2 Å². The zero-order chi connectivity index (χ0) is 15.1. The third kappa shape index (κ3) is 2.77. The Balaban J connectivity index is 1.96. The van der Waals surface area contributed by atoms with Crippen LogP contribution in [0.15, 0.2) is 18.2 Å². The average molecular weight is 286 g/mol. The number of nitrogens with two attached hydrogens (primary N) is 1. The molecule has 1 fully saturated rings. The summed E-state index contributed by atoms with van der Waals surface area (Å²) in [5, 5.41) is 0. The number of hydrogen-bond donors (Lipinski definition) is 1. The summed E-state index contributed by atoms with van der Waals surface area (Å²) in [7, 11) is 2.24. The lowest BCUT2D eigenvalue weighted by atomic mass is 10.2. The standard InChI is InChI=1S/C17H26N4/c1-11(2)17-19-15-9-13(18)5-8-16(15)21(17)10-12(3)20(4)14-6-7-14/h5,8-9,11-12,14H,6-7,10,18H2,1-4H3. The summed E-state index contributed by atoms with van der Waals surface area (Å²) in [4.78, 5) is 7.32. The lowest BCUT2D eigenvalue weighted by Gasteiger charge is -2.26. The second-order valence-electron chi connectivity index (χ2n) is 6.73. The van der Waals surface area contributed by atoms with E-state index < -0.39 is 0 Å². The van der Waals surface area contributed by atoms with Crippen LogP contribution in [-0.2, 0) is 6.54 Å². The van der Waals surface area contributed by atoms with Crippen LogP contribution in [0.3, 0.4) is 0 Å². The van der Waals surface area contributed by atoms with E-state index in [4.69, 9.17) is 10.7 Å². The minimum absolute atomic E-state index is 0.414. The van der Waals surface area contributed by atoms with Crippen LogP contribution in [0.1, 0.15) is 45.4 Å². The van der Waals surface area contributed by atoms with Crippen molar-refractivity contribution in [1.29, 1.82) is 0 Å². The van der Waals surface area contributed by atoms with Gasteiger partial charge >= 0.3 is 0 Å². The molecule has 0 aliphatic heterocycles. The van der Waals surface area contributed by atoms with Crippen molar-refractivity contribution in [2.75, 3.05) is 12.8 Å². The lowest BCUT2D eigenvalue weighted by Crippen LogP contribution is -2.34. The topological polar surface area (TPSA) is 47.1 Å². The maximum Gasteiger partial charge on any atom is 0.112 e. The highest BCUT2D eigenvalue weighted by atomic mass is 15.2. The van der Waals surface area contributed by atoms with Gasteiger partial charge in [0.2, 0.25) is 0 Å². The van der Waals surface area contributed by atoms with Crippen molar-refractivity contribution in [2.45, 2.75) is 58.2 Å². The second-order valence-corrected chi connectivity index (χ2v) is 6.73. The molecule has 1 aromatic heterocycles. The minimum atomic E-state index is 0.414. The van der Waals surface area contributed by atoms with Gasteiger partial charge in [-0.25, -0.2) is 4.98 Å². The molecule has 1 aromatic carbocycles. The molecule has 21 heavy (non-hydrogen) atoms. The molecule has 2 aromatic rings. The predicted molar refractivity (Wildman–Crippen MR) is 88.5 cm³/mol. The Kier molecular flexibility index (Phi) is 3.66. The van der Waals surface area contributed by atoms with E-state index in [9.17, 15) is 0 Å². The Labute approximate surface area is 126 Å². The second kappa shape index (κ2) is 5.34. The Bertz CT molecular complexity index is 640. The van der Waals surface area contributed by atoms with Gasteiger partial charge in [0.1, 0.15) is 5.82 Å². The fraction of sp³-hybridized carbons (Fsp3) is 0.588. The number of imidazole rings is 1. The molecule has 0 spiro atoms. The molecule has 1 aliphatic carbocycles. The smallest absolute Gasteiger partial charge is 0.112 e. The lowest BCUT2D eigenvalue weighted by molar-refractivity contribution is 0.225. The van der Waals surface area contributed by atoms with Crippen LogP contribution >= 0.6 is 0 Å². The van der Waals surface area contributed by atoms with Crippen LogP contribution in [0.2, 0.25) is 0 Å². The first-order valence-electron chi connectivity index (χ1n) is 7.95. The third-order valence-corrected chi connectivity index (χ3v) is 4.58. The van der Waals surface area contributed by atoms with Crippen LogP contribution in [0, 0.1) is 0 Å². The van der Waals surface area contributed by atoms with Crippen molar-refractivity contribution in [3.05, 3.63) is 24.0 Å². The quantitative estimate of drug-likeness (QED) is 0.858. The highest BCUT2D eigenvalue weighted by Crippen LogP contribution is 2.29. The first-order valence-corrected chi connectivity index (χ1v) is 7.95. The number of nitrogens with zero attached hydrogens (tertiary/aromatic N) is 3. The SMILES string of the molecule is CC(C)c1nc2cc(N)ccc2n1CC(C)N(C)C1CC1.